The standard InChI is InChI=1S/C41H58FN3O10/c1-5-51-38(47)35(18-12-28(2)3)45-37(46)19-17-32-25-34(53-40(49)44-23-20-29-13-15-31(42)16-14-29)26-41(54-32)22-8-10-33(55-41)27-52-39(48)43-24-21-30-9-6-7-11-36(30)50-4/h6-7,9,11,13-16,28,32-35H,5,8,10,12,17-27H2,1-4H3,(H,43,48)(H,44,49)(H,45,46)/t32-,33-,34-,35+,41+/m1/s1. The van der Waals surface area contributed by atoms with Crippen molar-refractivity contribution in [1.82, 2.24) is 16.0 Å². The molecule has 0 radical (unpaired) electrons. The molecule has 3 amide bonds. The number of hydrogen-bond donors (Lipinski definition) is 3. The van der Waals surface area contributed by atoms with Crippen LogP contribution < -0.4 is 20.7 Å². The van der Waals surface area contributed by atoms with Crippen molar-refractivity contribution < 1.29 is 52.0 Å². The SMILES string of the molecule is CCOC(=O)[C@H](CCC(C)C)NC(=O)CC[C@@H]1C[C@@H](OC(=O)NCCc2ccc(F)cc2)C[C@@]2(CCC[C@H](COC(=O)NCCc3ccccc3OC)O2)O1. The molecular weight excluding hydrogens is 713 g/mol. The van der Waals surface area contributed by atoms with Gasteiger partial charge in [0.15, 0.2) is 5.79 Å². The Morgan fingerprint density at radius 3 is 2.40 bits per heavy atom. The molecule has 0 unspecified atom stereocenters. The third-order valence-corrected chi connectivity index (χ3v) is 9.67. The lowest BCUT2D eigenvalue weighted by molar-refractivity contribution is -0.329. The van der Waals surface area contributed by atoms with Crippen LogP contribution in [0.1, 0.15) is 89.7 Å². The molecule has 304 valence electrons. The van der Waals surface area contributed by atoms with E-state index in [4.69, 9.17) is 28.4 Å². The van der Waals surface area contributed by atoms with Gasteiger partial charge in [-0.15, -0.1) is 0 Å². The molecule has 2 aromatic rings. The zero-order chi connectivity index (χ0) is 39.6. The quantitative estimate of drug-likeness (QED) is 0.112. The molecule has 0 saturated carbocycles. The number of halogens is 1. The number of carbonyl (C=O) groups is 4. The number of benzene rings is 2. The summed E-state index contributed by atoms with van der Waals surface area (Å²) in [6.45, 7) is 6.69. The van der Waals surface area contributed by atoms with Crippen molar-refractivity contribution in [3.05, 3.63) is 65.5 Å². The molecule has 5 atom stereocenters. The normalized spacial score (nSPS) is 21.3. The topological polar surface area (TPSA) is 160 Å². The smallest absolute Gasteiger partial charge is 0.407 e. The maximum atomic E-state index is 13.3. The fraction of sp³-hybridized carbons (Fsp3) is 0.610. The van der Waals surface area contributed by atoms with E-state index < -0.39 is 48.3 Å². The Labute approximate surface area is 323 Å². The molecule has 2 saturated heterocycles. The Bertz CT molecular complexity index is 1530. The maximum absolute atomic E-state index is 13.3. The van der Waals surface area contributed by atoms with E-state index in [1.54, 1.807) is 26.2 Å². The maximum Gasteiger partial charge on any atom is 0.407 e. The first-order valence-electron chi connectivity index (χ1n) is 19.5. The average Bonchev–Trinajstić information content (AvgIpc) is 3.15. The van der Waals surface area contributed by atoms with Crippen LogP contribution in [0, 0.1) is 11.7 Å². The van der Waals surface area contributed by atoms with Crippen LogP contribution in [0.2, 0.25) is 0 Å². The van der Waals surface area contributed by atoms with Crippen LogP contribution in [0.15, 0.2) is 48.5 Å². The van der Waals surface area contributed by atoms with Crippen molar-refractivity contribution in [3.8, 4) is 5.75 Å². The number of para-hydroxylation sites is 1. The van der Waals surface area contributed by atoms with Gasteiger partial charge in [-0.1, -0.05) is 44.2 Å². The van der Waals surface area contributed by atoms with Gasteiger partial charge in [0.05, 0.1) is 25.9 Å². The number of esters is 1. The first-order chi connectivity index (χ1) is 26.5. The molecule has 4 rings (SSSR count). The van der Waals surface area contributed by atoms with Gasteiger partial charge >= 0.3 is 18.2 Å². The fourth-order valence-electron chi connectivity index (χ4n) is 6.90. The van der Waals surface area contributed by atoms with Gasteiger partial charge in [0.1, 0.15) is 30.3 Å². The van der Waals surface area contributed by atoms with Gasteiger partial charge in [0, 0.05) is 38.8 Å². The average molecular weight is 772 g/mol. The molecule has 2 heterocycles. The van der Waals surface area contributed by atoms with Gasteiger partial charge in [0.2, 0.25) is 5.91 Å². The molecule has 14 heteroatoms. The minimum absolute atomic E-state index is 0.000303. The number of ether oxygens (including phenoxy) is 6. The van der Waals surface area contributed by atoms with Crippen molar-refractivity contribution in [2.24, 2.45) is 5.92 Å². The molecule has 3 N–H and O–H groups in total. The summed E-state index contributed by atoms with van der Waals surface area (Å²) in [4.78, 5) is 51.3. The molecule has 1 spiro atoms. The Kier molecular flexibility index (Phi) is 17.5. The number of rotatable bonds is 19. The van der Waals surface area contributed by atoms with Crippen LogP contribution in [0.5, 0.6) is 5.75 Å². The van der Waals surface area contributed by atoms with E-state index in [0.29, 0.717) is 63.8 Å². The zero-order valence-electron chi connectivity index (χ0n) is 32.6. The lowest BCUT2D eigenvalue weighted by Gasteiger charge is -2.47. The first kappa shape index (κ1) is 43.3. The third-order valence-electron chi connectivity index (χ3n) is 9.67. The second kappa shape index (κ2) is 22.2. The van der Waals surface area contributed by atoms with Gasteiger partial charge in [-0.2, -0.15) is 0 Å². The highest BCUT2D eigenvalue weighted by atomic mass is 19.1. The Hall–Kier alpha value is -4.43. The number of hydrogen-bond acceptors (Lipinski definition) is 10. The van der Waals surface area contributed by atoms with Crippen LogP contribution >= 0.6 is 0 Å². The van der Waals surface area contributed by atoms with Gasteiger partial charge < -0.3 is 44.4 Å². The molecule has 2 fully saturated rings. The summed E-state index contributed by atoms with van der Waals surface area (Å²) in [5, 5.41) is 8.38. The van der Waals surface area contributed by atoms with Crippen LogP contribution in [0.4, 0.5) is 14.0 Å². The van der Waals surface area contributed by atoms with Gasteiger partial charge in [-0.05, 0) is 87.1 Å². The summed E-state index contributed by atoms with van der Waals surface area (Å²) in [6.07, 6.45) is 2.33. The summed E-state index contributed by atoms with van der Waals surface area (Å²) < 4.78 is 48.4. The summed E-state index contributed by atoms with van der Waals surface area (Å²) >= 11 is 0. The van der Waals surface area contributed by atoms with E-state index in [9.17, 15) is 23.6 Å². The van der Waals surface area contributed by atoms with Crippen LogP contribution in [-0.2, 0) is 46.1 Å². The first-order valence-corrected chi connectivity index (χ1v) is 19.5. The molecule has 2 aromatic carbocycles. The fourth-order valence-corrected chi connectivity index (χ4v) is 6.90. The Morgan fingerprint density at radius 1 is 0.927 bits per heavy atom. The molecular formula is C41H58FN3O10. The zero-order valence-corrected chi connectivity index (χ0v) is 32.6. The number of amides is 3. The highest BCUT2D eigenvalue weighted by molar-refractivity contribution is 5.84. The number of alkyl carbamates (subject to hydrolysis) is 2. The predicted octanol–water partition coefficient (Wildman–Crippen LogP) is 6.15. The van der Waals surface area contributed by atoms with E-state index in [2.05, 4.69) is 29.8 Å². The Morgan fingerprint density at radius 2 is 1.65 bits per heavy atom. The van der Waals surface area contributed by atoms with Gasteiger partial charge in [-0.25, -0.2) is 18.8 Å². The summed E-state index contributed by atoms with van der Waals surface area (Å²) in [5.41, 5.74) is 1.83. The highest BCUT2D eigenvalue weighted by Crippen LogP contribution is 2.41. The second-order valence-electron chi connectivity index (χ2n) is 14.5. The monoisotopic (exact) mass is 771 g/mol. The molecule has 2 aliphatic heterocycles. The number of nitrogens with one attached hydrogen (secondary N) is 3. The van der Waals surface area contributed by atoms with Crippen LogP contribution in [-0.4, -0.2) is 87.6 Å². The molecule has 0 aliphatic carbocycles. The van der Waals surface area contributed by atoms with Crippen molar-refractivity contribution in [2.75, 3.05) is 33.4 Å². The van der Waals surface area contributed by atoms with E-state index in [0.717, 1.165) is 23.3 Å². The highest BCUT2D eigenvalue weighted by Gasteiger charge is 2.47. The lowest BCUT2D eigenvalue weighted by Crippen LogP contribution is -2.54. The van der Waals surface area contributed by atoms with Crippen molar-refractivity contribution in [1.29, 1.82) is 0 Å². The largest absolute Gasteiger partial charge is 0.496 e. The van der Waals surface area contributed by atoms with E-state index >= 15 is 0 Å². The molecule has 0 aromatic heterocycles. The second-order valence-corrected chi connectivity index (χ2v) is 14.5. The summed E-state index contributed by atoms with van der Waals surface area (Å²) in [5.74, 6) is -1.14. The lowest BCUT2D eigenvalue weighted by atomic mass is 9.90. The molecule has 13 nitrogen and oxygen atoms in total. The third kappa shape index (κ3) is 15.0. The number of carbonyl (C=O) groups excluding carboxylic acids is 4. The van der Waals surface area contributed by atoms with Crippen molar-refractivity contribution in [3.63, 3.8) is 0 Å². The molecule has 55 heavy (non-hydrogen) atoms. The van der Waals surface area contributed by atoms with E-state index in [-0.39, 0.29) is 44.3 Å². The van der Waals surface area contributed by atoms with Crippen molar-refractivity contribution in [2.45, 2.75) is 122 Å². The van der Waals surface area contributed by atoms with Gasteiger partial charge in [0.25, 0.3) is 0 Å². The number of methoxy groups -OCH3 is 1. The minimum atomic E-state index is -1.13. The predicted molar refractivity (Wildman–Crippen MR) is 202 cm³/mol. The van der Waals surface area contributed by atoms with E-state index in [1.165, 1.54) is 12.1 Å². The molecule has 2 aliphatic rings. The van der Waals surface area contributed by atoms with Crippen LogP contribution in [0.25, 0.3) is 0 Å². The summed E-state index contributed by atoms with van der Waals surface area (Å²) in [6, 6.07) is 12.9. The van der Waals surface area contributed by atoms with Crippen LogP contribution in [0.3, 0.4) is 0 Å². The Balaban J connectivity index is 1.34. The van der Waals surface area contributed by atoms with Crippen molar-refractivity contribution >= 4 is 24.1 Å². The minimum Gasteiger partial charge on any atom is -0.496 e. The van der Waals surface area contributed by atoms with E-state index in [1.807, 2.05) is 24.3 Å². The summed E-state index contributed by atoms with van der Waals surface area (Å²) in [7, 11) is 1.60. The molecule has 0 bridgehead atoms. The van der Waals surface area contributed by atoms with Gasteiger partial charge in [-0.3, -0.25) is 4.79 Å².